The predicted octanol–water partition coefficient (Wildman–Crippen LogP) is 5.82. The van der Waals surface area contributed by atoms with Gasteiger partial charge < -0.3 is 4.74 Å². The molecule has 0 aliphatic heterocycles. The first-order chi connectivity index (χ1) is 11.3. The molecule has 0 aliphatic rings. The van der Waals surface area contributed by atoms with Crippen molar-refractivity contribution in [1.82, 2.24) is 0 Å². The fraction of sp³-hybridized carbons (Fsp3) is 0.350. The highest BCUT2D eigenvalue weighted by atomic mass is 35.5. The van der Waals surface area contributed by atoms with Gasteiger partial charge in [0.15, 0.2) is 0 Å². The summed E-state index contributed by atoms with van der Waals surface area (Å²) >= 11 is 6.35. The molecule has 0 saturated heterocycles. The van der Waals surface area contributed by atoms with Crippen molar-refractivity contribution in [3.8, 4) is 11.1 Å². The molecule has 0 aromatic heterocycles. The highest BCUT2D eigenvalue weighted by Gasteiger charge is 2.19. The standard InChI is InChI=1S/C20H22ClFO2/c1-5-24-18(23)10-13(3)16-11-15(9-14(4)20(16)22)19-12(2)7-6-8-17(19)21/h6-9,11,13H,5,10H2,1-4H3/t13-/m0/s1. The second kappa shape index (κ2) is 7.80. The number of hydrogen-bond donors (Lipinski definition) is 0. The van der Waals surface area contributed by atoms with Gasteiger partial charge >= 0.3 is 5.97 Å². The number of ether oxygens (including phenoxy) is 1. The molecular formula is C20H22ClFO2. The maximum Gasteiger partial charge on any atom is 0.306 e. The molecule has 0 aliphatic carbocycles. The Labute approximate surface area is 147 Å². The smallest absolute Gasteiger partial charge is 0.306 e. The van der Waals surface area contributed by atoms with Crippen LogP contribution in [0.1, 0.15) is 42.9 Å². The summed E-state index contributed by atoms with van der Waals surface area (Å²) in [6, 6.07) is 9.28. The van der Waals surface area contributed by atoms with Crippen LogP contribution in [-0.2, 0) is 9.53 Å². The van der Waals surface area contributed by atoms with Gasteiger partial charge in [-0.3, -0.25) is 4.79 Å². The minimum Gasteiger partial charge on any atom is -0.466 e. The van der Waals surface area contributed by atoms with Crippen LogP contribution in [0.15, 0.2) is 30.3 Å². The molecule has 2 aromatic rings. The fourth-order valence-electron chi connectivity index (χ4n) is 2.88. The van der Waals surface area contributed by atoms with E-state index in [0.717, 1.165) is 16.7 Å². The van der Waals surface area contributed by atoms with E-state index in [4.69, 9.17) is 16.3 Å². The normalized spacial score (nSPS) is 12.1. The third kappa shape index (κ3) is 3.96. The number of benzene rings is 2. The Balaban J connectivity index is 2.47. The molecule has 0 radical (unpaired) electrons. The number of aryl methyl sites for hydroxylation is 2. The molecule has 128 valence electrons. The van der Waals surface area contributed by atoms with Crippen molar-refractivity contribution < 1.29 is 13.9 Å². The highest BCUT2D eigenvalue weighted by molar-refractivity contribution is 6.33. The molecule has 2 rings (SSSR count). The van der Waals surface area contributed by atoms with Gasteiger partial charge in [-0.1, -0.05) is 30.7 Å². The van der Waals surface area contributed by atoms with E-state index in [-0.39, 0.29) is 24.1 Å². The van der Waals surface area contributed by atoms with Crippen molar-refractivity contribution in [1.29, 1.82) is 0 Å². The first kappa shape index (κ1) is 18.5. The molecule has 0 amide bonds. The van der Waals surface area contributed by atoms with Crippen molar-refractivity contribution >= 4 is 17.6 Å². The van der Waals surface area contributed by atoms with E-state index < -0.39 is 0 Å². The number of carbonyl (C=O) groups excluding carboxylic acids is 1. The summed E-state index contributed by atoms with van der Waals surface area (Å²) in [7, 11) is 0. The van der Waals surface area contributed by atoms with Crippen LogP contribution in [0.4, 0.5) is 4.39 Å². The molecule has 2 aromatic carbocycles. The molecule has 0 N–H and O–H groups in total. The van der Waals surface area contributed by atoms with Gasteiger partial charge in [0.25, 0.3) is 0 Å². The van der Waals surface area contributed by atoms with E-state index in [1.807, 2.05) is 32.0 Å². The summed E-state index contributed by atoms with van der Waals surface area (Å²) in [5.41, 5.74) is 3.84. The van der Waals surface area contributed by atoms with E-state index in [1.165, 1.54) is 0 Å². The van der Waals surface area contributed by atoms with Crippen molar-refractivity contribution in [3.05, 3.63) is 57.9 Å². The average molecular weight is 349 g/mol. The van der Waals surface area contributed by atoms with Gasteiger partial charge in [-0.15, -0.1) is 0 Å². The fourth-order valence-corrected chi connectivity index (χ4v) is 3.21. The molecule has 0 spiro atoms. The monoisotopic (exact) mass is 348 g/mol. The summed E-state index contributed by atoms with van der Waals surface area (Å²) in [4.78, 5) is 11.7. The zero-order chi connectivity index (χ0) is 17.9. The van der Waals surface area contributed by atoms with Crippen molar-refractivity contribution in [2.75, 3.05) is 6.61 Å². The lowest BCUT2D eigenvalue weighted by Gasteiger charge is -2.17. The summed E-state index contributed by atoms with van der Waals surface area (Å²) < 4.78 is 19.6. The summed E-state index contributed by atoms with van der Waals surface area (Å²) in [5.74, 6) is -0.868. The van der Waals surface area contributed by atoms with Crippen molar-refractivity contribution in [2.24, 2.45) is 0 Å². The summed E-state index contributed by atoms with van der Waals surface area (Å²) in [5, 5.41) is 0.630. The van der Waals surface area contributed by atoms with Crippen molar-refractivity contribution in [2.45, 2.75) is 40.0 Å². The third-order valence-corrected chi connectivity index (χ3v) is 4.42. The van der Waals surface area contributed by atoms with E-state index in [2.05, 4.69) is 0 Å². The highest BCUT2D eigenvalue weighted by Crippen LogP contribution is 2.35. The van der Waals surface area contributed by atoms with Crippen molar-refractivity contribution in [3.63, 3.8) is 0 Å². The zero-order valence-corrected chi connectivity index (χ0v) is 15.2. The van der Waals surface area contributed by atoms with Crippen LogP contribution in [0.3, 0.4) is 0 Å². The Morgan fingerprint density at radius 2 is 1.96 bits per heavy atom. The van der Waals surface area contributed by atoms with Gasteiger partial charge in [-0.2, -0.15) is 0 Å². The number of halogens is 2. The van der Waals surface area contributed by atoms with Gasteiger partial charge in [-0.25, -0.2) is 4.39 Å². The summed E-state index contributed by atoms with van der Waals surface area (Å²) in [6.07, 6.45) is 0.148. The Hall–Kier alpha value is -1.87. The zero-order valence-electron chi connectivity index (χ0n) is 14.5. The molecular weight excluding hydrogens is 327 g/mol. The van der Waals surface area contributed by atoms with E-state index in [9.17, 15) is 9.18 Å². The van der Waals surface area contributed by atoms with Crippen LogP contribution in [0, 0.1) is 19.7 Å². The van der Waals surface area contributed by atoms with Crippen LogP contribution in [0.5, 0.6) is 0 Å². The maximum absolute atomic E-state index is 14.6. The average Bonchev–Trinajstić information content (AvgIpc) is 2.50. The van der Waals surface area contributed by atoms with Crippen LogP contribution >= 0.6 is 11.6 Å². The molecule has 1 atom stereocenters. The topological polar surface area (TPSA) is 26.3 Å². The number of carbonyl (C=O) groups is 1. The van der Waals surface area contributed by atoms with Gasteiger partial charge in [0.2, 0.25) is 0 Å². The van der Waals surface area contributed by atoms with Crippen LogP contribution in [0.25, 0.3) is 11.1 Å². The second-order valence-corrected chi connectivity index (χ2v) is 6.45. The molecule has 0 bridgehead atoms. The van der Waals surface area contributed by atoms with Crippen LogP contribution in [0.2, 0.25) is 5.02 Å². The van der Waals surface area contributed by atoms with E-state index in [0.29, 0.717) is 22.8 Å². The molecule has 2 nitrogen and oxygen atoms in total. The number of hydrogen-bond acceptors (Lipinski definition) is 2. The van der Waals surface area contributed by atoms with Gasteiger partial charge in [0.1, 0.15) is 5.82 Å². The largest absolute Gasteiger partial charge is 0.466 e. The Bertz CT molecular complexity index is 735. The minimum atomic E-state index is -0.318. The first-order valence-electron chi connectivity index (χ1n) is 8.06. The van der Waals surface area contributed by atoms with E-state index in [1.54, 1.807) is 26.0 Å². The molecule has 24 heavy (non-hydrogen) atoms. The lowest BCUT2D eigenvalue weighted by atomic mass is 9.90. The predicted molar refractivity (Wildman–Crippen MR) is 96.0 cm³/mol. The molecule has 0 saturated carbocycles. The lowest BCUT2D eigenvalue weighted by molar-refractivity contribution is -0.143. The molecule has 0 fully saturated rings. The third-order valence-electron chi connectivity index (χ3n) is 4.10. The van der Waals surface area contributed by atoms with Gasteiger partial charge in [0, 0.05) is 10.6 Å². The number of esters is 1. The Morgan fingerprint density at radius 1 is 1.25 bits per heavy atom. The molecule has 4 heteroatoms. The Kier molecular flexibility index (Phi) is 6.00. The Morgan fingerprint density at radius 3 is 2.58 bits per heavy atom. The SMILES string of the molecule is CCOC(=O)C[C@H](C)c1cc(-c2c(C)cccc2Cl)cc(C)c1F. The van der Waals surface area contributed by atoms with Crippen LogP contribution in [-0.4, -0.2) is 12.6 Å². The summed E-state index contributed by atoms with van der Waals surface area (Å²) in [6.45, 7) is 7.62. The molecule has 0 unspecified atom stereocenters. The first-order valence-corrected chi connectivity index (χ1v) is 8.44. The quantitative estimate of drug-likeness (QED) is 0.636. The lowest BCUT2D eigenvalue weighted by Crippen LogP contribution is -2.10. The van der Waals surface area contributed by atoms with Crippen LogP contribution < -0.4 is 0 Å². The van der Waals surface area contributed by atoms with E-state index >= 15 is 0 Å². The number of rotatable bonds is 5. The van der Waals surface area contributed by atoms with Gasteiger partial charge in [0.05, 0.1) is 13.0 Å². The van der Waals surface area contributed by atoms with Gasteiger partial charge in [-0.05, 0) is 67.1 Å². The second-order valence-electron chi connectivity index (χ2n) is 6.04. The minimum absolute atomic E-state index is 0.148. The molecule has 0 heterocycles. The maximum atomic E-state index is 14.6.